The first-order valence-corrected chi connectivity index (χ1v) is 4.87. The summed E-state index contributed by atoms with van der Waals surface area (Å²) in [5.41, 5.74) is 3.78. The monoisotopic (exact) mass is 211 g/mol. The van der Waals surface area contributed by atoms with Crippen LogP contribution in [0.1, 0.15) is 12.5 Å². The second-order valence-electron chi connectivity index (χ2n) is 2.96. The smallest absolute Gasteiger partial charge is 0.128 e. The normalized spacial score (nSPS) is 10.1. The first-order chi connectivity index (χ1) is 7.31. The quantitative estimate of drug-likeness (QED) is 0.574. The highest BCUT2D eigenvalue weighted by Gasteiger charge is 2.04. The van der Waals surface area contributed by atoms with E-state index >= 15 is 0 Å². The number of hydrogen-bond acceptors (Lipinski definition) is 4. The molecule has 1 N–H and O–H groups in total. The van der Waals surface area contributed by atoms with Gasteiger partial charge in [-0.3, -0.25) is 4.84 Å². The summed E-state index contributed by atoms with van der Waals surface area (Å²) in [4.78, 5) is 5.21. The summed E-state index contributed by atoms with van der Waals surface area (Å²) < 4.78 is 10.3. The van der Waals surface area contributed by atoms with Gasteiger partial charge in [0.15, 0.2) is 0 Å². The molecule has 0 aliphatic carbocycles. The molecule has 4 nitrogen and oxygen atoms in total. The third kappa shape index (κ3) is 3.42. The van der Waals surface area contributed by atoms with Gasteiger partial charge < -0.3 is 9.47 Å². The lowest BCUT2D eigenvalue weighted by atomic mass is 10.2. The summed E-state index contributed by atoms with van der Waals surface area (Å²) >= 11 is 0. The van der Waals surface area contributed by atoms with Crippen LogP contribution in [-0.4, -0.2) is 20.8 Å². The van der Waals surface area contributed by atoms with Crippen LogP contribution in [0.2, 0.25) is 0 Å². The highest BCUT2D eigenvalue weighted by atomic mass is 16.6. The van der Waals surface area contributed by atoms with E-state index in [0.29, 0.717) is 6.61 Å². The maximum absolute atomic E-state index is 5.23. The van der Waals surface area contributed by atoms with Crippen molar-refractivity contribution in [2.45, 2.75) is 13.5 Å². The molecule has 1 aromatic carbocycles. The van der Waals surface area contributed by atoms with Gasteiger partial charge in [-0.25, -0.2) is 5.48 Å². The van der Waals surface area contributed by atoms with Crippen LogP contribution in [0.5, 0.6) is 11.5 Å². The maximum Gasteiger partial charge on any atom is 0.128 e. The van der Waals surface area contributed by atoms with E-state index in [-0.39, 0.29) is 0 Å². The zero-order chi connectivity index (χ0) is 11.1. The molecule has 0 bridgehead atoms. The fourth-order valence-corrected chi connectivity index (χ4v) is 1.20. The van der Waals surface area contributed by atoms with Crippen LogP contribution >= 0.6 is 0 Å². The van der Waals surface area contributed by atoms with E-state index in [1.807, 2.05) is 25.1 Å². The number of ether oxygens (including phenoxy) is 2. The van der Waals surface area contributed by atoms with Crippen LogP contribution < -0.4 is 15.0 Å². The largest absolute Gasteiger partial charge is 0.497 e. The van der Waals surface area contributed by atoms with E-state index in [1.165, 1.54) is 0 Å². The standard InChI is InChI=1S/C11H17NO3/c1-4-12-15-8-9-5-6-10(13-2)7-11(9)14-3/h5-7,12H,4,8H2,1-3H3. The molecule has 0 aromatic heterocycles. The Kier molecular flexibility index (Phi) is 4.93. The molecular weight excluding hydrogens is 194 g/mol. The van der Waals surface area contributed by atoms with Gasteiger partial charge in [0.1, 0.15) is 11.5 Å². The Balaban J connectivity index is 2.69. The van der Waals surface area contributed by atoms with Crippen molar-refractivity contribution in [3.8, 4) is 11.5 Å². The predicted octanol–water partition coefficient (Wildman–Crippen LogP) is 1.74. The van der Waals surface area contributed by atoms with Crippen LogP contribution in [0, 0.1) is 0 Å². The molecule has 0 atom stereocenters. The van der Waals surface area contributed by atoms with E-state index in [0.717, 1.165) is 23.6 Å². The molecule has 84 valence electrons. The Bertz CT molecular complexity index is 302. The van der Waals surface area contributed by atoms with Crippen molar-refractivity contribution in [2.75, 3.05) is 20.8 Å². The van der Waals surface area contributed by atoms with E-state index in [4.69, 9.17) is 14.3 Å². The minimum absolute atomic E-state index is 0.473. The topological polar surface area (TPSA) is 39.7 Å². The van der Waals surface area contributed by atoms with E-state index in [2.05, 4.69) is 5.48 Å². The van der Waals surface area contributed by atoms with Gasteiger partial charge in [0, 0.05) is 18.2 Å². The lowest BCUT2D eigenvalue weighted by molar-refractivity contribution is 0.0303. The first-order valence-electron chi connectivity index (χ1n) is 4.87. The maximum atomic E-state index is 5.23. The summed E-state index contributed by atoms with van der Waals surface area (Å²) in [5, 5.41) is 0. The van der Waals surface area contributed by atoms with Crippen LogP contribution in [0.25, 0.3) is 0 Å². The molecule has 0 unspecified atom stereocenters. The second kappa shape index (κ2) is 6.27. The van der Waals surface area contributed by atoms with Crippen molar-refractivity contribution in [3.05, 3.63) is 23.8 Å². The van der Waals surface area contributed by atoms with Crippen LogP contribution in [0.4, 0.5) is 0 Å². The summed E-state index contributed by atoms with van der Waals surface area (Å²) in [7, 11) is 3.26. The number of nitrogens with one attached hydrogen (secondary N) is 1. The fourth-order valence-electron chi connectivity index (χ4n) is 1.20. The molecule has 0 aliphatic rings. The molecule has 15 heavy (non-hydrogen) atoms. The van der Waals surface area contributed by atoms with Crippen molar-refractivity contribution in [2.24, 2.45) is 0 Å². The Hall–Kier alpha value is -1.26. The summed E-state index contributed by atoms with van der Waals surface area (Å²) in [6, 6.07) is 5.65. The predicted molar refractivity (Wildman–Crippen MR) is 58.0 cm³/mol. The third-order valence-electron chi connectivity index (χ3n) is 1.97. The molecule has 0 saturated carbocycles. The Labute approximate surface area is 90.1 Å². The molecule has 0 aliphatic heterocycles. The van der Waals surface area contributed by atoms with Gasteiger partial charge in [-0.05, 0) is 12.1 Å². The minimum atomic E-state index is 0.473. The van der Waals surface area contributed by atoms with Crippen molar-refractivity contribution >= 4 is 0 Å². The molecule has 0 radical (unpaired) electrons. The lowest BCUT2D eigenvalue weighted by Crippen LogP contribution is -2.13. The average molecular weight is 211 g/mol. The van der Waals surface area contributed by atoms with E-state index < -0.39 is 0 Å². The molecule has 1 aromatic rings. The lowest BCUT2D eigenvalue weighted by Gasteiger charge is -2.10. The minimum Gasteiger partial charge on any atom is -0.497 e. The summed E-state index contributed by atoms with van der Waals surface area (Å²) in [6.07, 6.45) is 0. The van der Waals surface area contributed by atoms with E-state index in [1.54, 1.807) is 14.2 Å². The number of hydroxylamine groups is 1. The first kappa shape index (κ1) is 11.8. The Morgan fingerprint density at radius 3 is 2.60 bits per heavy atom. The van der Waals surface area contributed by atoms with Gasteiger partial charge in [-0.15, -0.1) is 0 Å². The molecule has 0 amide bonds. The van der Waals surface area contributed by atoms with Crippen molar-refractivity contribution in [1.29, 1.82) is 0 Å². The Morgan fingerprint density at radius 2 is 2.00 bits per heavy atom. The Morgan fingerprint density at radius 1 is 1.20 bits per heavy atom. The van der Waals surface area contributed by atoms with Gasteiger partial charge in [0.05, 0.1) is 20.8 Å². The third-order valence-corrected chi connectivity index (χ3v) is 1.97. The molecule has 1 rings (SSSR count). The number of methoxy groups -OCH3 is 2. The second-order valence-corrected chi connectivity index (χ2v) is 2.96. The van der Waals surface area contributed by atoms with Gasteiger partial charge in [0.2, 0.25) is 0 Å². The van der Waals surface area contributed by atoms with Gasteiger partial charge >= 0.3 is 0 Å². The highest BCUT2D eigenvalue weighted by Crippen LogP contribution is 2.24. The number of rotatable bonds is 6. The van der Waals surface area contributed by atoms with Crippen LogP contribution in [0.3, 0.4) is 0 Å². The molecule has 4 heteroatoms. The zero-order valence-electron chi connectivity index (χ0n) is 9.37. The number of hydrogen-bond donors (Lipinski definition) is 1. The number of benzene rings is 1. The van der Waals surface area contributed by atoms with Crippen molar-refractivity contribution in [1.82, 2.24) is 5.48 Å². The molecular formula is C11H17NO3. The van der Waals surface area contributed by atoms with Gasteiger partial charge in [-0.1, -0.05) is 6.92 Å². The van der Waals surface area contributed by atoms with Crippen molar-refractivity contribution < 1.29 is 14.3 Å². The van der Waals surface area contributed by atoms with Gasteiger partial charge in [-0.2, -0.15) is 0 Å². The molecule has 0 fully saturated rings. The van der Waals surface area contributed by atoms with Gasteiger partial charge in [0.25, 0.3) is 0 Å². The van der Waals surface area contributed by atoms with E-state index in [9.17, 15) is 0 Å². The van der Waals surface area contributed by atoms with Crippen LogP contribution in [0.15, 0.2) is 18.2 Å². The molecule has 0 heterocycles. The summed E-state index contributed by atoms with van der Waals surface area (Å²) in [6.45, 7) is 3.23. The van der Waals surface area contributed by atoms with Crippen molar-refractivity contribution in [3.63, 3.8) is 0 Å². The molecule has 0 saturated heterocycles. The average Bonchev–Trinajstić information content (AvgIpc) is 2.29. The highest BCUT2D eigenvalue weighted by molar-refractivity contribution is 5.40. The zero-order valence-corrected chi connectivity index (χ0v) is 9.37. The SMILES string of the molecule is CCNOCc1ccc(OC)cc1OC. The fraction of sp³-hybridized carbons (Fsp3) is 0.455. The molecule has 0 spiro atoms. The van der Waals surface area contributed by atoms with Crippen LogP contribution in [-0.2, 0) is 11.4 Å². The summed E-state index contributed by atoms with van der Waals surface area (Å²) in [5.74, 6) is 1.55.